The average molecular weight is 220 g/mol. The number of nitrogen functional groups attached to an aromatic ring is 2. The fraction of sp³-hybridized carbons (Fsp3) is 0. The van der Waals surface area contributed by atoms with Crippen molar-refractivity contribution in [3.05, 3.63) is 54.6 Å². The van der Waals surface area contributed by atoms with Crippen LogP contribution in [-0.2, 0) is 0 Å². The molecule has 0 radical (unpaired) electrons. The highest BCUT2D eigenvalue weighted by molar-refractivity contribution is 5.41. The minimum absolute atomic E-state index is 0.171. The highest BCUT2D eigenvalue weighted by Crippen LogP contribution is 2.12. The van der Waals surface area contributed by atoms with Gasteiger partial charge < -0.3 is 11.5 Å². The number of rotatable bonds is 1. The Bertz CT molecular complexity index is 403. The van der Waals surface area contributed by atoms with Crippen LogP contribution in [0.15, 0.2) is 54.6 Å². The molecule has 0 bridgehead atoms. The molecule has 2 aromatic rings. The molecule has 0 atom stereocenters. The molecule has 0 aliphatic heterocycles. The summed E-state index contributed by atoms with van der Waals surface area (Å²) in [5.74, 6) is 0.171. The number of hydrogen-bond donors (Lipinski definition) is 2. The molecule has 0 amide bonds. The van der Waals surface area contributed by atoms with Crippen LogP contribution in [0.3, 0.4) is 0 Å². The first-order valence-corrected chi connectivity index (χ1v) is 4.67. The third kappa shape index (κ3) is 4.32. The van der Waals surface area contributed by atoms with Crippen LogP contribution in [0.1, 0.15) is 0 Å². The number of halogens is 1. The van der Waals surface area contributed by atoms with E-state index in [1.807, 2.05) is 30.3 Å². The maximum atomic E-state index is 11.3. The molecule has 16 heavy (non-hydrogen) atoms. The SMILES string of the molecule is Nc1ccc(OF)cc1.Nc1ccccc1. The van der Waals surface area contributed by atoms with Crippen LogP contribution in [0, 0.1) is 0 Å². The van der Waals surface area contributed by atoms with Gasteiger partial charge >= 0.3 is 0 Å². The van der Waals surface area contributed by atoms with Gasteiger partial charge in [0.25, 0.3) is 0 Å². The lowest BCUT2D eigenvalue weighted by Gasteiger charge is -1.92. The van der Waals surface area contributed by atoms with E-state index in [2.05, 4.69) is 4.94 Å². The molecule has 0 saturated heterocycles. The summed E-state index contributed by atoms with van der Waals surface area (Å²) in [5.41, 5.74) is 12.1. The fourth-order valence-corrected chi connectivity index (χ4v) is 0.972. The Morgan fingerprint density at radius 1 is 0.750 bits per heavy atom. The predicted octanol–water partition coefficient (Wildman–Crippen LogP) is 2.80. The second kappa shape index (κ2) is 6.29. The van der Waals surface area contributed by atoms with Gasteiger partial charge in [0.2, 0.25) is 0 Å². The lowest BCUT2D eigenvalue weighted by Crippen LogP contribution is -1.82. The molecular formula is C12H13FN2O. The molecule has 0 unspecified atom stereocenters. The second-order valence-electron chi connectivity index (χ2n) is 3.06. The van der Waals surface area contributed by atoms with Crippen LogP contribution >= 0.6 is 0 Å². The summed E-state index contributed by atoms with van der Waals surface area (Å²) in [6.45, 7) is 0. The van der Waals surface area contributed by atoms with Crippen LogP contribution in [0.4, 0.5) is 15.9 Å². The number of benzene rings is 2. The quantitative estimate of drug-likeness (QED) is 0.726. The van der Waals surface area contributed by atoms with E-state index in [0.29, 0.717) is 5.69 Å². The first kappa shape index (κ1) is 11.8. The lowest BCUT2D eigenvalue weighted by molar-refractivity contribution is -0.00618. The van der Waals surface area contributed by atoms with Crippen LogP contribution in [0.25, 0.3) is 0 Å². The molecule has 3 nitrogen and oxygen atoms in total. The van der Waals surface area contributed by atoms with Gasteiger partial charge in [-0.3, -0.25) is 4.94 Å². The van der Waals surface area contributed by atoms with Crippen molar-refractivity contribution in [1.82, 2.24) is 0 Å². The summed E-state index contributed by atoms with van der Waals surface area (Å²) in [6, 6.07) is 15.5. The Kier molecular flexibility index (Phi) is 4.66. The number of nitrogens with two attached hydrogens (primary N) is 2. The van der Waals surface area contributed by atoms with Crippen molar-refractivity contribution >= 4 is 11.4 Å². The largest absolute Gasteiger partial charge is 0.399 e. The van der Waals surface area contributed by atoms with E-state index >= 15 is 0 Å². The molecule has 84 valence electrons. The highest BCUT2D eigenvalue weighted by Gasteiger charge is 1.89. The lowest BCUT2D eigenvalue weighted by atomic mass is 10.3. The third-order valence-electron chi connectivity index (χ3n) is 1.77. The Morgan fingerprint density at radius 2 is 1.25 bits per heavy atom. The zero-order valence-corrected chi connectivity index (χ0v) is 8.64. The van der Waals surface area contributed by atoms with Crippen molar-refractivity contribution < 1.29 is 9.47 Å². The molecule has 2 aromatic carbocycles. The molecule has 0 spiro atoms. The normalized spacial score (nSPS) is 8.81. The summed E-state index contributed by atoms with van der Waals surface area (Å²) < 4.78 is 11.3. The van der Waals surface area contributed by atoms with Gasteiger partial charge in [-0.1, -0.05) is 18.2 Å². The van der Waals surface area contributed by atoms with E-state index < -0.39 is 0 Å². The number of hydrogen-bond acceptors (Lipinski definition) is 3. The second-order valence-corrected chi connectivity index (χ2v) is 3.06. The van der Waals surface area contributed by atoms with Crippen molar-refractivity contribution in [3.8, 4) is 5.75 Å². The van der Waals surface area contributed by atoms with Crippen molar-refractivity contribution in [2.75, 3.05) is 11.5 Å². The van der Waals surface area contributed by atoms with E-state index in [4.69, 9.17) is 11.5 Å². The van der Waals surface area contributed by atoms with Crippen LogP contribution in [-0.4, -0.2) is 0 Å². The Balaban J connectivity index is 0.000000165. The first-order chi connectivity index (χ1) is 7.72. The highest BCUT2D eigenvalue weighted by atomic mass is 19.3. The molecule has 0 fully saturated rings. The maximum Gasteiger partial charge on any atom is 0.172 e. The molecule has 2 rings (SSSR count). The van der Waals surface area contributed by atoms with Crippen molar-refractivity contribution in [3.63, 3.8) is 0 Å². The summed E-state index contributed by atoms with van der Waals surface area (Å²) in [7, 11) is 0. The number of para-hydroxylation sites is 1. The topological polar surface area (TPSA) is 61.3 Å². The van der Waals surface area contributed by atoms with Gasteiger partial charge in [0.15, 0.2) is 5.75 Å². The van der Waals surface area contributed by atoms with Gasteiger partial charge in [0.05, 0.1) is 0 Å². The van der Waals surface area contributed by atoms with E-state index in [1.165, 1.54) is 12.1 Å². The van der Waals surface area contributed by atoms with E-state index in [1.54, 1.807) is 12.1 Å². The molecule has 0 saturated carbocycles. The average Bonchev–Trinajstić information content (AvgIpc) is 2.32. The zero-order chi connectivity index (χ0) is 11.8. The zero-order valence-electron chi connectivity index (χ0n) is 8.64. The van der Waals surface area contributed by atoms with Gasteiger partial charge in [0, 0.05) is 15.9 Å². The van der Waals surface area contributed by atoms with Crippen molar-refractivity contribution in [2.24, 2.45) is 0 Å². The van der Waals surface area contributed by atoms with Crippen LogP contribution < -0.4 is 16.4 Å². The summed E-state index contributed by atoms with van der Waals surface area (Å²) in [4.78, 5) is 3.41. The molecule has 0 aliphatic rings. The minimum Gasteiger partial charge on any atom is -0.399 e. The molecule has 0 heterocycles. The molecule has 4 heteroatoms. The van der Waals surface area contributed by atoms with E-state index in [0.717, 1.165) is 5.69 Å². The maximum absolute atomic E-state index is 11.3. The Morgan fingerprint density at radius 3 is 1.62 bits per heavy atom. The van der Waals surface area contributed by atoms with E-state index in [-0.39, 0.29) is 5.75 Å². The van der Waals surface area contributed by atoms with Crippen molar-refractivity contribution in [2.45, 2.75) is 0 Å². The monoisotopic (exact) mass is 220 g/mol. The molecular weight excluding hydrogens is 207 g/mol. The summed E-state index contributed by atoms with van der Waals surface area (Å²) in [5, 5.41) is 0. The Labute approximate surface area is 93.4 Å². The van der Waals surface area contributed by atoms with Gasteiger partial charge in [-0.25, -0.2) is 0 Å². The summed E-state index contributed by atoms with van der Waals surface area (Å²) >= 11 is 0. The number of anilines is 2. The molecule has 0 aliphatic carbocycles. The van der Waals surface area contributed by atoms with Crippen LogP contribution in [0.2, 0.25) is 0 Å². The smallest absolute Gasteiger partial charge is 0.172 e. The van der Waals surface area contributed by atoms with Crippen LogP contribution in [0.5, 0.6) is 5.75 Å². The third-order valence-corrected chi connectivity index (χ3v) is 1.77. The minimum atomic E-state index is 0.171. The fourth-order valence-electron chi connectivity index (χ4n) is 0.972. The van der Waals surface area contributed by atoms with Crippen molar-refractivity contribution in [1.29, 1.82) is 0 Å². The summed E-state index contributed by atoms with van der Waals surface area (Å²) in [6.07, 6.45) is 0. The first-order valence-electron chi connectivity index (χ1n) is 4.67. The predicted molar refractivity (Wildman–Crippen MR) is 63.4 cm³/mol. The van der Waals surface area contributed by atoms with Gasteiger partial charge in [0.1, 0.15) is 0 Å². The van der Waals surface area contributed by atoms with Gasteiger partial charge in [-0.2, -0.15) is 0 Å². The standard InChI is InChI=1S/C6H6FNO.C6H7N/c7-9-6-3-1-5(8)2-4-6;7-6-4-2-1-3-5-6/h1-4H,8H2;1-5H,7H2. The molecule has 0 aromatic heterocycles. The Hall–Kier alpha value is -2.23. The van der Waals surface area contributed by atoms with E-state index in [9.17, 15) is 4.53 Å². The van der Waals surface area contributed by atoms with Gasteiger partial charge in [-0.05, 0) is 36.4 Å². The van der Waals surface area contributed by atoms with Gasteiger partial charge in [-0.15, -0.1) is 0 Å². The molecule has 4 N–H and O–H groups in total.